The first kappa shape index (κ1) is 13.1. The number of amides is 1. The van der Waals surface area contributed by atoms with Crippen molar-refractivity contribution in [2.45, 2.75) is 13.8 Å². The van der Waals surface area contributed by atoms with E-state index in [9.17, 15) is 4.79 Å². The lowest BCUT2D eigenvalue weighted by Gasteiger charge is -2.08. The average Bonchev–Trinajstić information content (AvgIpc) is 2.38. The van der Waals surface area contributed by atoms with E-state index in [0.29, 0.717) is 5.75 Å². The minimum Gasteiger partial charge on any atom is -0.484 e. The number of anilines is 1. The van der Waals surface area contributed by atoms with E-state index in [1.807, 2.05) is 44.2 Å². The maximum Gasteiger partial charge on any atom is 0.262 e. The third kappa shape index (κ3) is 4.10. The second-order valence-electron chi connectivity index (χ2n) is 4.34. The van der Waals surface area contributed by atoms with Crippen LogP contribution in [0.15, 0.2) is 42.6 Å². The van der Waals surface area contributed by atoms with Crippen LogP contribution in [0, 0.1) is 13.8 Å². The first-order valence-electron chi connectivity index (χ1n) is 6.05. The van der Waals surface area contributed by atoms with Crippen molar-refractivity contribution in [1.82, 2.24) is 4.98 Å². The highest BCUT2D eigenvalue weighted by Crippen LogP contribution is 2.11. The first-order valence-corrected chi connectivity index (χ1v) is 6.05. The Morgan fingerprint density at radius 2 is 1.95 bits per heavy atom. The van der Waals surface area contributed by atoms with Gasteiger partial charge >= 0.3 is 0 Å². The Labute approximate surface area is 112 Å². The smallest absolute Gasteiger partial charge is 0.262 e. The van der Waals surface area contributed by atoms with Crippen LogP contribution in [-0.2, 0) is 4.79 Å². The van der Waals surface area contributed by atoms with Crippen molar-refractivity contribution in [1.29, 1.82) is 0 Å². The number of nitrogens with one attached hydrogen (secondary N) is 1. The van der Waals surface area contributed by atoms with Gasteiger partial charge in [0, 0.05) is 17.6 Å². The average molecular weight is 256 g/mol. The molecule has 0 saturated carbocycles. The number of aromatic nitrogens is 1. The van der Waals surface area contributed by atoms with E-state index in [1.165, 1.54) is 0 Å². The van der Waals surface area contributed by atoms with Gasteiger partial charge in [-0.2, -0.15) is 0 Å². The Morgan fingerprint density at radius 3 is 2.63 bits per heavy atom. The molecule has 0 saturated heterocycles. The number of aryl methyl sites for hydroxylation is 2. The van der Waals surface area contributed by atoms with Crippen LogP contribution in [0.25, 0.3) is 0 Å². The molecule has 1 aromatic carbocycles. The number of rotatable bonds is 4. The fourth-order valence-corrected chi connectivity index (χ4v) is 1.60. The second-order valence-corrected chi connectivity index (χ2v) is 4.34. The van der Waals surface area contributed by atoms with Gasteiger partial charge in [-0.1, -0.05) is 17.7 Å². The van der Waals surface area contributed by atoms with Gasteiger partial charge in [-0.3, -0.25) is 9.78 Å². The molecule has 2 aromatic rings. The summed E-state index contributed by atoms with van der Waals surface area (Å²) in [6.07, 6.45) is 1.66. The molecule has 0 unspecified atom stereocenters. The molecule has 0 aliphatic carbocycles. The monoisotopic (exact) mass is 256 g/mol. The van der Waals surface area contributed by atoms with Gasteiger partial charge in [0.25, 0.3) is 5.91 Å². The van der Waals surface area contributed by atoms with Crippen molar-refractivity contribution in [3.63, 3.8) is 0 Å². The van der Waals surface area contributed by atoms with Crippen LogP contribution in [0.3, 0.4) is 0 Å². The number of pyridine rings is 1. The van der Waals surface area contributed by atoms with Crippen LogP contribution in [0.5, 0.6) is 5.75 Å². The van der Waals surface area contributed by atoms with Crippen molar-refractivity contribution in [2.75, 3.05) is 11.9 Å². The summed E-state index contributed by atoms with van der Waals surface area (Å²) < 4.78 is 5.40. The molecule has 0 fully saturated rings. The van der Waals surface area contributed by atoms with E-state index in [4.69, 9.17) is 4.74 Å². The number of carbonyl (C=O) groups excluding carboxylic acids is 1. The van der Waals surface area contributed by atoms with Crippen LogP contribution < -0.4 is 10.1 Å². The molecule has 4 nitrogen and oxygen atoms in total. The summed E-state index contributed by atoms with van der Waals surface area (Å²) >= 11 is 0. The van der Waals surface area contributed by atoms with Crippen molar-refractivity contribution in [3.8, 4) is 5.75 Å². The summed E-state index contributed by atoms with van der Waals surface area (Å²) in [5.74, 6) is 0.498. The van der Waals surface area contributed by atoms with Crippen LogP contribution >= 0.6 is 0 Å². The predicted molar refractivity (Wildman–Crippen MR) is 74.3 cm³/mol. The normalized spacial score (nSPS) is 10.0. The summed E-state index contributed by atoms with van der Waals surface area (Å²) in [4.78, 5) is 15.8. The van der Waals surface area contributed by atoms with Crippen LogP contribution in [0.1, 0.15) is 11.3 Å². The maximum absolute atomic E-state index is 11.7. The van der Waals surface area contributed by atoms with E-state index < -0.39 is 0 Å². The molecule has 0 bridgehead atoms. The highest BCUT2D eigenvalue weighted by molar-refractivity contribution is 5.91. The Bertz CT molecular complexity index is 565. The zero-order chi connectivity index (χ0) is 13.7. The van der Waals surface area contributed by atoms with E-state index in [2.05, 4.69) is 10.3 Å². The van der Waals surface area contributed by atoms with Gasteiger partial charge in [0.2, 0.25) is 0 Å². The third-order valence-electron chi connectivity index (χ3n) is 2.57. The lowest BCUT2D eigenvalue weighted by atomic mass is 10.2. The molecule has 0 spiro atoms. The molecule has 0 aliphatic rings. The second kappa shape index (κ2) is 6.00. The van der Waals surface area contributed by atoms with E-state index >= 15 is 0 Å². The highest BCUT2D eigenvalue weighted by Gasteiger charge is 2.03. The predicted octanol–water partition coefficient (Wildman–Crippen LogP) is 2.72. The molecule has 98 valence electrons. The standard InChI is InChI=1S/C15H16N2O2/c1-11-3-5-14(6-4-11)19-10-15(18)17-13-7-8-16-12(2)9-13/h3-9H,10H2,1-2H3,(H,16,17,18). The van der Waals surface area contributed by atoms with E-state index in [-0.39, 0.29) is 12.5 Å². The molecular formula is C15H16N2O2. The molecule has 1 heterocycles. The Kier molecular flexibility index (Phi) is 4.13. The number of hydrogen-bond acceptors (Lipinski definition) is 3. The van der Waals surface area contributed by atoms with Gasteiger partial charge in [-0.15, -0.1) is 0 Å². The fourth-order valence-electron chi connectivity index (χ4n) is 1.60. The van der Waals surface area contributed by atoms with Gasteiger partial charge in [-0.25, -0.2) is 0 Å². The molecule has 1 aromatic heterocycles. The van der Waals surface area contributed by atoms with Gasteiger partial charge in [-0.05, 0) is 38.1 Å². The number of hydrogen-bond donors (Lipinski definition) is 1. The van der Waals surface area contributed by atoms with E-state index in [0.717, 1.165) is 16.9 Å². The summed E-state index contributed by atoms with van der Waals surface area (Å²) in [5.41, 5.74) is 2.74. The molecule has 0 atom stereocenters. The maximum atomic E-state index is 11.7. The fraction of sp³-hybridized carbons (Fsp3) is 0.200. The van der Waals surface area contributed by atoms with Crippen molar-refractivity contribution < 1.29 is 9.53 Å². The lowest BCUT2D eigenvalue weighted by Crippen LogP contribution is -2.20. The van der Waals surface area contributed by atoms with E-state index in [1.54, 1.807) is 12.3 Å². The quantitative estimate of drug-likeness (QED) is 0.915. The summed E-state index contributed by atoms with van der Waals surface area (Å²) in [6, 6.07) is 11.1. The van der Waals surface area contributed by atoms with Gasteiger partial charge in [0.15, 0.2) is 6.61 Å². The molecule has 19 heavy (non-hydrogen) atoms. The largest absolute Gasteiger partial charge is 0.484 e. The minimum absolute atomic E-state index is 0.00949. The molecule has 4 heteroatoms. The molecule has 1 N–H and O–H groups in total. The molecule has 0 aliphatic heterocycles. The first-order chi connectivity index (χ1) is 9.13. The van der Waals surface area contributed by atoms with Crippen LogP contribution in [0.4, 0.5) is 5.69 Å². The van der Waals surface area contributed by atoms with Crippen molar-refractivity contribution in [2.24, 2.45) is 0 Å². The minimum atomic E-state index is -0.189. The summed E-state index contributed by atoms with van der Waals surface area (Å²) in [6.45, 7) is 3.87. The van der Waals surface area contributed by atoms with Crippen molar-refractivity contribution >= 4 is 11.6 Å². The number of carbonyl (C=O) groups is 1. The number of nitrogens with zero attached hydrogens (tertiary/aromatic N) is 1. The SMILES string of the molecule is Cc1ccc(OCC(=O)Nc2ccnc(C)c2)cc1. The topological polar surface area (TPSA) is 51.2 Å². The molecule has 1 amide bonds. The number of ether oxygens (including phenoxy) is 1. The lowest BCUT2D eigenvalue weighted by molar-refractivity contribution is -0.118. The van der Waals surface area contributed by atoms with Gasteiger partial charge in [0.1, 0.15) is 5.75 Å². The molecule has 0 radical (unpaired) electrons. The van der Waals surface area contributed by atoms with Crippen molar-refractivity contribution in [3.05, 3.63) is 53.9 Å². The Balaban J connectivity index is 1.86. The van der Waals surface area contributed by atoms with Crippen LogP contribution in [-0.4, -0.2) is 17.5 Å². The third-order valence-corrected chi connectivity index (χ3v) is 2.57. The van der Waals surface area contributed by atoms with Crippen LogP contribution in [0.2, 0.25) is 0 Å². The van der Waals surface area contributed by atoms with Gasteiger partial charge < -0.3 is 10.1 Å². The molecule has 2 rings (SSSR count). The zero-order valence-electron chi connectivity index (χ0n) is 11.0. The Hall–Kier alpha value is -2.36. The summed E-state index contributed by atoms with van der Waals surface area (Å²) in [7, 11) is 0. The van der Waals surface area contributed by atoms with Gasteiger partial charge in [0.05, 0.1) is 0 Å². The summed E-state index contributed by atoms with van der Waals surface area (Å²) in [5, 5.41) is 2.76. The Morgan fingerprint density at radius 1 is 1.21 bits per heavy atom. The molecular weight excluding hydrogens is 240 g/mol. The zero-order valence-corrected chi connectivity index (χ0v) is 11.0. The highest BCUT2D eigenvalue weighted by atomic mass is 16.5. The number of benzene rings is 1.